The first-order valence-electron chi connectivity index (χ1n) is 6.41. The van der Waals surface area contributed by atoms with E-state index in [4.69, 9.17) is 29.6 Å². The quantitative estimate of drug-likeness (QED) is 0.849. The van der Waals surface area contributed by atoms with Crippen molar-refractivity contribution in [1.29, 1.82) is 0 Å². The molecule has 21 heavy (non-hydrogen) atoms. The summed E-state index contributed by atoms with van der Waals surface area (Å²) in [6.07, 6.45) is 0.219. The third-order valence-corrected chi connectivity index (χ3v) is 3.71. The van der Waals surface area contributed by atoms with Crippen LogP contribution >= 0.6 is 23.8 Å². The van der Waals surface area contributed by atoms with E-state index in [9.17, 15) is 4.79 Å². The van der Waals surface area contributed by atoms with Gasteiger partial charge >= 0.3 is 0 Å². The predicted molar refractivity (Wildman–Crippen MR) is 90.9 cm³/mol. The Morgan fingerprint density at radius 1 is 1.29 bits per heavy atom. The van der Waals surface area contributed by atoms with Gasteiger partial charge in [0, 0.05) is 16.3 Å². The second-order valence-corrected chi connectivity index (χ2v) is 5.56. The number of nitrogens with two attached hydrogens (primary N) is 1. The molecule has 0 unspecified atom stereocenters. The van der Waals surface area contributed by atoms with Crippen LogP contribution in [0.5, 0.6) is 0 Å². The van der Waals surface area contributed by atoms with E-state index in [1.807, 2.05) is 37.3 Å². The summed E-state index contributed by atoms with van der Waals surface area (Å²) >= 11 is 11.0. The molecule has 0 saturated carbocycles. The van der Waals surface area contributed by atoms with Crippen molar-refractivity contribution in [3.05, 3.63) is 64.2 Å². The number of amides is 1. The average Bonchev–Trinajstić information content (AvgIpc) is 2.43. The number of anilines is 1. The van der Waals surface area contributed by atoms with E-state index in [1.165, 1.54) is 0 Å². The Bertz CT molecular complexity index is 700. The number of rotatable bonds is 4. The van der Waals surface area contributed by atoms with Crippen molar-refractivity contribution in [1.82, 2.24) is 0 Å². The minimum Gasteiger partial charge on any atom is -0.389 e. The van der Waals surface area contributed by atoms with Crippen molar-refractivity contribution in [2.75, 3.05) is 5.32 Å². The number of thiocarbonyl (C=S) groups is 1. The maximum atomic E-state index is 12.1. The Balaban J connectivity index is 2.15. The van der Waals surface area contributed by atoms with E-state index in [2.05, 4.69) is 5.32 Å². The number of hydrogen-bond donors (Lipinski definition) is 2. The van der Waals surface area contributed by atoms with Crippen LogP contribution < -0.4 is 11.1 Å². The number of aryl methyl sites for hydroxylation is 1. The molecule has 2 rings (SSSR count). The largest absolute Gasteiger partial charge is 0.389 e. The van der Waals surface area contributed by atoms with Gasteiger partial charge in [-0.2, -0.15) is 0 Å². The summed E-state index contributed by atoms with van der Waals surface area (Å²) < 4.78 is 0. The Kier molecular flexibility index (Phi) is 4.94. The van der Waals surface area contributed by atoms with Gasteiger partial charge in [0.1, 0.15) is 4.99 Å². The summed E-state index contributed by atoms with van der Waals surface area (Å²) in [7, 11) is 0. The van der Waals surface area contributed by atoms with Crippen LogP contribution in [0.4, 0.5) is 5.69 Å². The molecular formula is C16H15ClN2OS. The van der Waals surface area contributed by atoms with Crippen LogP contribution in [0.15, 0.2) is 42.5 Å². The van der Waals surface area contributed by atoms with Crippen LogP contribution in [0.3, 0.4) is 0 Å². The summed E-state index contributed by atoms with van der Waals surface area (Å²) in [5, 5.41) is 3.45. The van der Waals surface area contributed by atoms with Gasteiger partial charge in [0.2, 0.25) is 5.91 Å². The minimum absolute atomic E-state index is 0.133. The first-order valence-corrected chi connectivity index (χ1v) is 7.19. The van der Waals surface area contributed by atoms with E-state index >= 15 is 0 Å². The van der Waals surface area contributed by atoms with Gasteiger partial charge in [-0.15, -0.1) is 0 Å². The Morgan fingerprint density at radius 2 is 2.00 bits per heavy atom. The highest BCUT2D eigenvalue weighted by Crippen LogP contribution is 2.19. The third kappa shape index (κ3) is 4.03. The topological polar surface area (TPSA) is 55.1 Å². The molecule has 0 aliphatic heterocycles. The van der Waals surface area contributed by atoms with Gasteiger partial charge < -0.3 is 11.1 Å². The molecule has 0 radical (unpaired) electrons. The Morgan fingerprint density at radius 3 is 2.67 bits per heavy atom. The number of nitrogens with one attached hydrogen (secondary N) is 1. The van der Waals surface area contributed by atoms with E-state index in [0.29, 0.717) is 15.7 Å². The molecule has 0 atom stereocenters. The zero-order chi connectivity index (χ0) is 15.4. The summed E-state index contributed by atoms with van der Waals surface area (Å²) in [6, 6.07) is 12.8. The lowest BCUT2D eigenvalue weighted by Crippen LogP contribution is -2.16. The summed E-state index contributed by atoms with van der Waals surface area (Å²) in [4.78, 5) is 12.4. The number of carbonyl (C=O) groups is 1. The van der Waals surface area contributed by atoms with Crippen LogP contribution in [0.25, 0.3) is 0 Å². The zero-order valence-electron chi connectivity index (χ0n) is 11.5. The molecule has 3 N–H and O–H groups in total. The molecule has 2 aromatic carbocycles. The smallest absolute Gasteiger partial charge is 0.228 e. The van der Waals surface area contributed by atoms with Crippen LogP contribution in [0, 0.1) is 6.92 Å². The number of benzene rings is 2. The van der Waals surface area contributed by atoms with E-state index in [1.54, 1.807) is 12.1 Å². The molecule has 0 aliphatic carbocycles. The number of hydrogen-bond acceptors (Lipinski definition) is 2. The van der Waals surface area contributed by atoms with Crippen molar-refractivity contribution in [2.45, 2.75) is 13.3 Å². The van der Waals surface area contributed by atoms with Gasteiger partial charge in [0.15, 0.2) is 0 Å². The van der Waals surface area contributed by atoms with Crippen LogP contribution in [0.2, 0.25) is 5.02 Å². The first kappa shape index (κ1) is 15.5. The Labute approximate surface area is 134 Å². The molecule has 0 saturated heterocycles. The van der Waals surface area contributed by atoms with Crippen molar-refractivity contribution < 1.29 is 4.79 Å². The molecule has 2 aromatic rings. The number of halogens is 1. The molecule has 108 valence electrons. The molecule has 0 aliphatic rings. The fourth-order valence-corrected chi connectivity index (χ4v) is 2.25. The molecule has 1 amide bonds. The molecule has 0 spiro atoms. The molecule has 0 aromatic heterocycles. The molecule has 0 fully saturated rings. The summed E-state index contributed by atoms with van der Waals surface area (Å²) in [5.41, 5.74) is 8.78. The maximum Gasteiger partial charge on any atom is 0.228 e. The second kappa shape index (κ2) is 6.70. The first-order chi connectivity index (χ1) is 9.97. The lowest BCUT2D eigenvalue weighted by Gasteiger charge is -2.11. The SMILES string of the molecule is Cc1ccc(C(N)=S)cc1NC(=O)Cc1ccccc1Cl. The van der Waals surface area contributed by atoms with Crippen LogP contribution in [0.1, 0.15) is 16.7 Å². The second-order valence-electron chi connectivity index (χ2n) is 4.71. The molecule has 0 bridgehead atoms. The normalized spacial score (nSPS) is 10.2. The highest BCUT2D eigenvalue weighted by Gasteiger charge is 2.09. The van der Waals surface area contributed by atoms with Gasteiger partial charge in [-0.3, -0.25) is 4.79 Å². The third-order valence-electron chi connectivity index (χ3n) is 3.11. The fourth-order valence-electron chi connectivity index (χ4n) is 1.92. The number of carbonyl (C=O) groups excluding carboxylic acids is 1. The van der Waals surface area contributed by atoms with Crippen LogP contribution in [-0.2, 0) is 11.2 Å². The monoisotopic (exact) mass is 318 g/mol. The molecule has 5 heteroatoms. The summed E-state index contributed by atoms with van der Waals surface area (Å²) in [5.74, 6) is -0.133. The minimum atomic E-state index is -0.133. The van der Waals surface area contributed by atoms with Gasteiger partial charge in [-0.25, -0.2) is 0 Å². The van der Waals surface area contributed by atoms with Crippen molar-refractivity contribution in [2.24, 2.45) is 5.73 Å². The van der Waals surface area contributed by atoms with E-state index < -0.39 is 0 Å². The Hall–Kier alpha value is -1.91. The van der Waals surface area contributed by atoms with Crippen LogP contribution in [-0.4, -0.2) is 10.9 Å². The average molecular weight is 319 g/mol. The van der Waals surface area contributed by atoms with E-state index in [-0.39, 0.29) is 12.3 Å². The fraction of sp³-hybridized carbons (Fsp3) is 0.125. The highest BCUT2D eigenvalue weighted by atomic mass is 35.5. The zero-order valence-corrected chi connectivity index (χ0v) is 13.1. The molecular weight excluding hydrogens is 304 g/mol. The van der Waals surface area contributed by atoms with Gasteiger partial charge in [0.25, 0.3) is 0 Å². The van der Waals surface area contributed by atoms with Gasteiger partial charge in [-0.1, -0.05) is 54.2 Å². The van der Waals surface area contributed by atoms with Gasteiger partial charge in [-0.05, 0) is 30.2 Å². The van der Waals surface area contributed by atoms with Crippen molar-refractivity contribution in [3.63, 3.8) is 0 Å². The highest BCUT2D eigenvalue weighted by molar-refractivity contribution is 7.80. The predicted octanol–water partition coefficient (Wildman–Crippen LogP) is 3.46. The van der Waals surface area contributed by atoms with Crippen molar-refractivity contribution in [3.8, 4) is 0 Å². The van der Waals surface area contributed by atoms with E-state index in [0.717, 1.165) is 16.7 Å². The lowest BCUT2D eigenvalue weighted by atomic mass is 10.1. The summed E-state index contributed by atoms with van der Waals surface area (Å²) in [6.45, 7) is 1.91. The lowest BCUT2D eigenvalue weighted by molar-refractivity contribution is -0.115. The van der Waals surface area contributed by atoms with Gasteiger partial charge in [0.05, 0.1) is 6.42 Å². The standard InChI is InChI=1S/C16H15ClN2OS/c1-10-6-7-12(16(18)21)8-14(10)19-15(20)9-11-4-2-3-5-13(11)17/h2-8H,9H2,1H3,(H2,18,21)(H,19,20). The molecule has 0 heterocycles. The molecule has 3 nitrogen and oxygen atoms in total. The maximum absolute atomic E-state index is 12.1. The van der Waals surface area contributed by atoms with Crippen molar-refractivity contribution >= 4 is 40.4 Å².